The molecule has 0 bridgehead atoms. The molecule has 1 amide bonds. The fourth-order valence-electron chi connectivity index (χ4n) is 2.39. The first kappa shape index (κ1) is 18.9. The van der Waals surface area contributed by atoms with Gasteiger partial charge in [0.05, 0.1) is 11.5 Å². The molecular weight excluding hydrogens is 328 g/mol. The van der Waals surface area contributed by atoms with Crippen molar-refractivity contribution in [1.29, 1.82) is 0 Å². The standard InChI is InChI=1S/C19H21F2NO3/c1-19(2,14-6-4-3-5-7-14)17(24)22-12-16(23)13-8-10-15(11-9-13)25-18(20)21/h3-11,16,18,23H,12H2,1-2H3,(H,22,24). The van der Waals surface area contributed by atoms with E-state index in [1.54, 1.807) is 13.8 Å². The van der Waals surface area contributed by atoms with E-state index in [-0.39, 0.29) is 18.2 Å². The zero-order valence-corrected chi connectivity index (χ0v) is 14.1. The monoisotopic (exact) mass is 349 g/mol. The van der Waals surface area contributed by atoms with Gasteiger partial charge >= 0.3 is 6.61 Å². The number of halogens is 2. The molecule has 1 unspecified atom stereocenters. The van der Waals surface area contributed by atoms with E-state index >= 15 is 0 Å². The number of alkyl halides is 2. The molecule has 0 aliphatic carbocycles. The molecule has 6 heteroatoms. The van der Waals surface area contributed by atoms with Crippen molar-refractivity contribution in [3.63, 3.8) is 0 Å². The first-order valence-corrected chi connectivity index (χ1v) is 7.87. The van der Waals surface area contributed by atoms with Gasteiger partial charge in [-0.25, -0.2) is 0 Å². The molecule has 1 atom stereocenters. The van der Waals surface area contributed by atoms with Crippen molar-refractivity contribution in [3.05, 3.63) is 65.7 Å². The molecule has 0 spiro atoms. The van der Waals surface area contributed by atoms with Crippen molar-refractivity contribution < 1.29 is 23.4 Å². The van der Waals surface area contributed by atoms with Gasteiger partial charge in [-0.05, 0) is 37.1 Å². The van der Waals surface area contributed by atoms with E-state index in [9.17, 15) is 18.7 Å². The second-order valence-corrected chi connectivity index (χ2v) is 6.16. The maximum absolute atomic E-state index is 12.5. The lowest BCUT2D eigenvalue weighted by molar-refractivity contribution is -0.126. The summed E-state index contributed by atoms with van der Waals surface area (Å²) >= 11 is 0. The Bertz CT molecular complexity index is 688. The molecule has 2 aromatic carbocycles. The highest BCUT2D eigenvalue weighted by atomic mass is 19.3. The third-order valence-corrected chi connectivity index (χ3v) is 4.01. The Kier molecular flexibility index (Phi) is 6.09. The lowest BCUT2D eigenvalue weighted by atomic mass is 9.83. The number of carbonyl (C=O) groups excluding carboxylic acids is 1. The summed E-state index contributed by atoms with van der Waals surface area (Å²) in [5.41, 5.74) is 0.630. The van der Waals surface area contributed by atoms with Gasteiger partial charge in [0.1, 0.15) is 5.75 Å². The van der Waals surface area contributed by atoms with Crippen LogP contribution in [0.15, 0.2) is 54.6 Å². The second kappa shape index (κ2) is 8.07. The van der Waals surface area contributed by atoms with Crippen molar-refractivity contribution in [2.75, 3.05) is 6.54 Å². The Balaban J connectivity index is 1.95. The Morgan fingerprint density at radius 2 is 1.72 bits per heavy atom. The van der Waals surface area contributed by atoms with E-state index in [4.69, 9.17) is 0 Å². The zero-order chi connectivity index (χ0) is 18.4. The van der Waals surface area contributed by atoms with Crippen molar-refractivity contribution in [2.24, 2.45) is 0 Å². The minimum absolute atomic E-state index is 0.0141. The van der Waals surface area contributed by atoms with E-state index in [2.05, 4.69) is 10.1 Å². The average molecular weight is 349 g/mol. The van der Waals surface area contributed by atoms with Gasteiger partial charge in [-0.2, -0.15) is 8.78 Å². The van der Waals surface area contributed by atoms with Crippen LogP contribution in [0.1, 0.15) is 31.1 Å². The average Bonchev–Trinajstić information content (AvgIpc) is 2.60. The van der Waals surface area contributed by atoms with Crippen LogP contribution in [-0.4, -0.2) is 24.2 Å². The molecule has 0 heterocycles. The number of amides is 1. The van der Waals surface area contributed by atoms with Crippen LogP contribution in [0.2, 0.25) is 0 Å². The number of carbonyl (C=O) groups is 1. The van der Waals surface area contributed by atoms with E-state index < -0.39 is 18.1 Å². The van der Waals surface area contributed by atoms with E-state index in [0.717, 1.165) is 5.56 Å². The Hall–Kier alpha value is -2.47. The number of aliphatic hydroxyl groups excluding tert-OH is 1. The van der Waals surface area contributed by atoms with Gasteiger partial charge in [0.25, 0.3) is 0 Å². The Morgan fingerprint density at radius 1 is 1.12 bits per heavy atom. The molecule has 0 aliphatic rings. The molecule has 2 rings (SSSR count). The summed E-state index contributed by atoms with van der Waals surface area (Å²) < 4.78 is 28.5. The topological polar surface area (TPSA) is 58.6 Å². The Labute approximate surface area is 145 Å². The molecule has 0 aliphatic heterocycles. The number of aliphatic hydroxyl groups is 1. The van der Waals surface area contributed by atoms with Crippen molar-refractivity contribution >= 4 is 5.91 Å². The molecule has 25 heavy (non-hydrogen) atoms. The number of benzene rings is 2. The van der Waals surface area contributed by atoms with Gasteiger partial charge in [0, 0.05) is 6.54 Å². The van der Waals surface area contributed by atoms with Gasteiger partial charge in [0.15, 0.2) is 0 Å². The van der Waals surface area contributed by atoms with Crippen LogP contribution in [-0.2, 0) is 10.2 Å². The summed E-state index contributed by atoms with van der Waals surface area (Å²) in [4.78, 5) is 12.5. The van der Waals surface area contributed by atoms with Gasteiger partial charge in [-0.3, -0.25) is 4.79 Å². The third-order valence-electron chi connectivity index (χ3n) is 4.01. The van der Waals surface area contributed by atoms with Gasteiger partial charge in [-0.1, -0.05) is 42.5 Å². The predicted molar refractivity (Wildman–Crippen MR) is 90.5 cm³/mol. The third kappa shape index (κ3) is 5.00. The minimum atomic E-state index is -2.89. The number of hydrogen-bond acceptors (Lipinski definition) is 3. The number of ether oxygens (including phenoxy) is 1. The second-order valence-electron chi connectivity index (χ2n) is 6.16. The summed E-state index contributed by atoms with van der Waals surface area (Å²) in [5.74, 6) is -0.199. The summed E-state index contributed by atoms with van der Waals surface area (Å²) in [7, 11) is 0. The number of hydrogen-bond donors (Lipinski definition) is 2. The lowest BCUT2D eigenvalue weighted by Gasteiger charge is -2.25. The highest BCUT2D eigenvalue weighted by Crippen LogP contribution is 2.24. The molecule has 0 saturated heterocycles. The first-order chi connectivity index (χ1) is 11.8. The maximum Gasteiger partial charge on any atom is 0.387 e. The molecule has 0 aromatic heterocycles. The SMILES string of the molecule is CC(C)(C(=O)NCC(O)c1ccc(OC(F)F)cc1)c1ccccc1. The number of nitrogens with one attached hydrogen (secondary N) is 1. The van der Waals surface area contributed by atoms with Crippen LogP contribution in [0, 0.1) is 0 Å². The van der Waals surface area contributed by atoms with Gasteiger partial charge in [-0.15, -0.1) is 0 Å². The fourth-order valence-corrected chi connectivity index (χ4v) is 2.39. The van der Waals surface area contributed by atoms with E-state index in [1.165, 1.54) is 24.3 Å². The molecule has 0 radical (unpaired) electrons. The molecular formula is C19H21F2NO3. The van der Waals surface area contributed by atoms with Crippen LogP contribution in [0.3, 0.4) is 0 Å². The summed E-state index contributed by atoms with van der Waals surface area (Å²) in [6.07, 6.45) is -0.948. The molecule has 134 valence electrons. The van der Waals surface area contributed by atoms with Crippen LogP contribution >= 0.6 is 0 Å². The quantitative estimate of drug-likeness (QED) is 0.805. The smallest absolute Gasteiger partial charge is 0.387 e. The predicted octanol–water partition coefficient (Wildman–Crippen LogP) is 3.42. The molecule has 0 saturated carbocycles. The zero-order valence-electron chi connectivity index (χ0n) is 14.1. The molecule has 2 N–H and O–H groups in total. The van der Waals surface area contributed by atoms with E-state index in [1.807, 2.05) is 30.3 Å². The van der Waals surface area contributed by atoms with Crippen molar-refractivity contribution in [2.45, 2.75) is 32.0 Å². The summed E-state index contributed by atoms with van der Waals surface area (Å²) in [5, 5.41) is 12.9. The fraction of sp³-hybridized carbons (Fsp3) is 0.316. The molecule has 2 aromatic rings. The molecule has 0 fully saturated rings. The number of rotatable bonds is 7. The summed E-state index contributed by atoms with van der Waals surface area (Å²) in [6, 6.07) is 15.0. The van der Waals surface area contributed by atoms with Crippen molar-refractivity contribution in [1.82, 2.24) is 5.32 Å². The van der Waals surface area contributed by atoms with Gasteiger partial charge < -0.3 is 15.2 Å². The largest absolute Gasteiger partial charge is 0.435 e. The minimum Gasteiger partial charge on any atom is -0.435 e. The van der Waals surface area contributed by atoms with Crippen LogP contribution in [0.25, 0.3) is 0 Å². The summed E-state index contributed by atoms with van der Waals surface area (Å²) in [6.45, 7) is 0.737. The Morgan fingerprint density at radius 3 is 2.28 bits per heavy atom. The molecule has 4 nitrogen and oxygen atoms in total. The van der Waals surface area contributed by atoms with Crippen LogP contribution < -0.4 is 10.1 Å². The lowest BCUT2D eigenvalue weighted by Crippen LogP contribution is -2.41. The van der Waals surface area contributed by atoms with Gasteiger partial charge in [0.2, 0.25) is 5.91 Å². The first-order valence-electron chi connectivity index (χ1n) is 7.87. The highest BCUT2D eigenvalue weighted by molar-refractivity contribution is 5.87. The highest BCUT2D eigenvalue weighted by Gasteiger charge is 2.29. The van der Waals surface area contributed by atoms with Crippen LogP contribution in [0.4, 0.5) is 8.78 Å². The maximum atomic E-state index is 12.5. The van der Waals surface area contributed by atoms with E-state index in [0.29, 0.717) is 5.56 Å². The van der Waals surface area contributed by atoms with Crippen LogP contribution in [0.5, 0.6) is 5.75 Å². The van der Waals surface area contributed by atoms with Crippen molar-refractivity contribution in [3.8, 4) is 5.75 Å². The normalized spacial score (nSPS) is 12.7.